The van der Waals surface area contributed by atoms with Gasteiger partial charge in [0, 0.05) is 25.8 Å². The monoisotopic (exact) mass is 282 g/mol. The summed E-state index contributed by atoms with van der Waals surface area (Å²) in [6, 6.07) is 4.93. The number of likely N-dealkylation sites (N-methyl/N-ethyl adjacent to an activating group) is 1. The van der Waals surface area contributed by atoms with E-state index in [-0.39, 0.29) is 5.91 Å². The van der Waals surface area contributed by atoms with Gasteiger partial charge in [-0.15, -0.1) is 0 Å². The first kappa shape index (κ1) is 14.2. The first-order chi connectivity index (χ1) is 9.08. The fourth-order valence-corrected chi connectivity index (χ4v) is 1.90. The Bertz CT molecular complexity index is 461. The van der Waals surface area contributed by atoms with Gasteiger partial charge in [-0.1, -0.05) is 11.6 Å². The standard InChI is InChI=1S/C14H19ClN2O2/c1-17(6-7-19-9-10-2-3-10)14(18)11-4-5-13(16)12(15)8-11/h4-5,8,10H,2-3,6-7,9,16H2,1H3. The Kier molecular flexibility index (Phi) is 4.66. The Labute approximate surface area is 118 Å². The normalized spacial score (nSPS) is 14.4. The predicted octanol–water partition coefficient (Wildman–Crippen LogP) is 2.42. The van der Waals surface area contributed by atoms with E-state index < -0.39 is 0 Å². The van der Waals surface area contributed by atoms with E-state index in [1.807, 2.05) is 0 Å². The second kappa shape index (κ2) is 6.26. The number of hydrogen-bond donors (Lipinski definition) is 1. The minimum atomic E-state index is -0.0723. The number of nitrogens with zero attached hydrogens (tertiary/aromatic N) is 1. The third-order valence-corrected chi connectivity index (χ3v) is 3.54. The zero-order valence-electron chi connectivity index (χ0n) is 11.1. The molecular weight excluding hydrogens is 264 g/mol. The maximum absolute atomic E-state index is 12.1. The molecule has 1 saturated carbocycles. The Morgan fingerprint density at radius 3 is 2.89 bits per heavy atom. The number of anilines is 1. The van der Waals surface area contributed by atoms with E-state index in [0.29, 0.717) is 29.4 Å². The Balaban J connectivity index is 1.81. The van der Waals surface area contributed by atoms with Gasteiger partial charge in [-0.2, -0.15) is 0 Å². The molecular formula is C14H19ClN2O2. The van der Waals surface area contributed by atoms with Crippen molar-refractivity contribution in [2.24, 2.45) is 5.92 Å². The molecule has 104 valence electrons. The first-order valence-corrected chi connectivity index (χ1v) is 6.84. The van der Waals surface area contributed by atoms with Gasteiger partial charge in [-0.25, -0.2) is 0 Å². The topological polar surface area (TPSA) is 55.6 Å². The van der Waals surface area contributed by atoms with Crippen LogP contribution in [0.4, 0.5) is 5.69 Å². The van der Waals surface area contributed by atoms with Crippen molar-refractivity contribution in [3.05, 3.63) is 28.8 Å². The number of ether oxygens (including phenoxy) is 1. The average molecular weight is 283 g/mol. The molecule has 0 radical (unpaired) electrons. The highest BCUT2D eigenvalue weighted by molar-refractivity contribution is 6.33. The summed E-state index contributed by atoms with van der Waals surface area (Å²) in [5.41, 5.74) is 6.65. The minimum Gasteiger partial charge on any atom is -0.398 e. The van der Waals surface area contributed by atoms with Crippen LogP contribution in [0, 0.1) is 5.92 Å². The van der Waals surface area contributed by atoms with Crippen LogP contribution in [0.15, 0.2) is 18.2 Å². The fourth-order valence-electron chi connectivity index (χ4n) is 1.72. The quantitative estimate of drug-likeness (QED) is 0.644. The third kappa shape index (κ3) is 4.11. The van der Waals surface area contributed by atoms with E-state index in [2.05, 4.69) is 0 Å². The van der Waals surface area contributed by atoms with Gasteiger partial charge in [0.1, 0.15) is 0 Å². The van der Waals surface area contributed by atoms with Crippen LogP contribution in [0.1, 0.15) is 23.2 Å². The number of hydrogen-bond acceptors (Lipinski definition) is 3. The number of carbonyl (C=O) groups is 1. The summed E-state index contributed by atoms with van der Waals surface area (Å²) in [6.45, 7) is 1.96. The predicted molar refractivity (Wildman–Crippen MR) is 76.4 cm³/mol. The second-order valence-corrected chi connectivity index (χ2v) is 5.39. The lowest BCUT2D eigenvalue weighted by molar-refractivity contribution is 0.0681. The lowest BCUT2D eigenvalue weighted by Gasteiger charge is -2.17. The van der Waals surface area contributed by atoms with Crippen molar-refractivity contribution in [2.75, 3.05) is 32.5 Å². The molecule has 0 aromatic heterocycles. The van der Waals surface area contributed by atoms with E-state index >= 15 is 0 Å². The molecule has 1 amide bonds. The maximum atomic E-state index is 12.1. The molecule has 0 spiro atoms. The molecule has 4 nitrogen and oxygen atoms in total. The van der Waals surface area contributed by atoms with Crippen molar-refractivity contribution >= 4 is 23.2 Å². The Hall–Kier alpha value is -1.26. The van der Waals surface area contributed by atoms with Crippen LogP contribution in [0.25, 0.3) is 0 Å². The first-order valence-electron chi connectivity index (χ1n) is 6.46. The van der Waals surface area contributed by atoms with Crippen LogP contribution < -0.4 is 5.73 Å². The van der Waals surface area contributed by atoms with E-state index in [9.17, 15) is 4.79 Å². The van der Waals surface area contributed by atoms with Crippen molar-refractivity contribution in [1.29, 1.82) is 0 Å². The van der Waals surface area contributed by atoms with Crippen molar-refractivity contribution < 1.29 is 9.53 Å². The van der Waals surface area contributed by atoms with E-state index in [1.54, 1.807) is 30.1 Å². The second-order valence-electron chi connectivity index (χ2n) is 4.98. The molecule has 5 heteroatoms. The summed E-state index contributed by atoms with van der Waals surface area (Å²) >= 11 is 5.91. The average Bonchev–Trinajstić information content (AvgIpc) is 3.21. The SMILES string of the molecule is CN(CCOCC1CC1)C(=O)c1ccc(N)c(Cl)c1. The number of amides is 1. The molecule has 1 aromatic rings. The van der Waals surface area contributed by atoms with E-state index in [4.69, 9.17) is 22.1 Å². The van der Waals surface area contributed by atoms with Gasteiger partial charge >= 0.3 is 0 Å². The van der Waals surface area contributed by atoms with Gasteiger partial charge in [-0.3, -0.25) is 4.79 Å². The van der Waals surface area contributed by atoms with Crippen LogP contribution in [-0.2, 0) is 4.74 Å². The van der Waals surface area contributed by atoms with Crippen molar-refractivity contribution in [3.8, 4) is 0 Å². The highest BCUT2D eigenvalue weighted by Crippen LogP contribution is 2.28. The molecule has 2 N–H and O–H groups in total. The van der Waals surface area contributed by atoms with Crippen LogP contribution >= 0.6 is 11.6 Å². The van der Waals surface area contributed by atoms with Crippen molar-refractivity contribution in [2.45, 2.75) is 12.8 Å². The summed E-state index contributed by atoms with van der Waals surface area (Å²) in [6.07, 6.45) is 2.55. The molecule has 19 heavy (non-hydrogen) atoms. The van der Waals surface area contributed by atoms with Crippen LogP contribution in [-0.4, -0.2) is 37.6 Å². The minimum absolute atomic E-state index is 0.0723. The van der Waals surface area contributed by atoms with Gasteiger partial charge in [0.05, 0.1) is 17.3 Å². The lowest BCUT2D eigenvalue weighted by Crippen LogP contribution is -2.30. The molecule has 2 rings (SSSR count). The van der Waals surface area contributed by atoms with Crippen LogP contribution in [0.5, 0.6) is 0 Å². The van der Waals surface area contributed by atoms with Crippen molar-refractivity contribution in [1.82, 2.24) is 4.90 Å². The summed E-state index contributed by atoms with van der Waals surface area (Å²) in [5.74, 6) is 0.675. The number of rotatable bonds is 6. The highest BCUT2D eigenvalue weighted by atomic mass is 35.5. The molecule has 1 fully saturated rings. The molecule has 0 aliphatic heterocycles. The summed E-state index contributed by atoms with van der Waals surface area (Å²) < 4.78 is 5.52. The molecule has 0 atom stereocenters. The van der Waals surface area contributed by atoms with Crippen LogP contribution in [0.2, 0.25) is 5.02 Å². The number of nitrogens with two attached hydrogens (primary N) is 1. The summed E-state index contributed by atoms with van der Waals surface area (Å²) in [7, 11) is 1.76. The maximum Gasteiger partial charge on any atom is 0.253 e. The molecule has 1 aliphatic carbocycles. The molecule has 0 saturated heterocycles. The smallest absolute Gasteiger partial charge is 0.253 e. The highest BCUT2D eigenvalue weighted by Gasteiger charge is 2.21. The Morgan fingerprint density at radius 2 is 2.26 bits per heavy atom. The summed E-state index contributed by atoms with van der Waals surface area (Å²) in [4.78, 5) is 13.8. The summed E-state index contributed by atoms with van der Waals surface area (Å²) in [5, 5.41) is 0.407. The molecule has 1 aromatic carbocycles. The van der Waals surface area contributed by atoms with E-state index in [1.165, 1.54) is 12.8 Å². The zero-order chi connectivity index (χ0) is 13.8. The zero-order valence-corrected chi connectivity index (χ0v) is 11.8. The number of carbonyl (C=O) groups excluding carboxylic acids is 1. The number of halogens is 1. The third-order valence-electron chi connectivity index (χ3n) is 3.22. The van der Waals surface area contributed by atoms with Gasteiger partial charge in [0.15, 0.2) is 0 Å². The van der Waals surface area contributed by atoms with Gasteiger partial charge < -0.3 is 15.4 Å². The van der Waals surface area contributed by atoms with Crippen LogP contribution in [0.3, 0.4) is 0 Å². The number of nitrogen functional groups attached to an aromatic ring is 1. The largest absolute Gasteiger partial charge is 0.398 e. The van der Waals surface area contributed by atoms with E-state index in [0.717, 1.165) is 12.5 Å². The lowest BCUT2D eigenvalue weighted by atomic mass is 10.2. The molecule has 1 aliphatic rings. The molecule has 0 unspecified atom stereocenters. The molecule has 0 heterocycles. The fraction of sp³-hybridized carbons (Fsp3) is 0.500. The number of benzene rings is 1. The van der Waals surface area contributed by atoms with Gasteiger partial charge in [0.2, 0.25) is 0 Å². The Morgan fingerprint density at radius 1 is 1.53 bits per heavy atom. The van der Waals surface area contributed by atoms with Crippen molar-refractivity contribution in [3.63, 3.8) is 0 Å². The molecule has 0 bridgehead atoms. The van der Waals surface area contributed by atoms with Gasteiger partial charge in [0.25, 0.3) is 5.91 Å². The van der Waals surface area contributed by atoms with Gasteiger partial charge in [-0.05, 0) is 37.0 Å².